The lowest BCUT2D eigenvalue weighted by Gasteiger charge is -2.14. The predicted molar refractivity (Wildman–Crippen MR) is 73.5 cm³/mol. The molecule has 0 aliphatic rings. The number of nitrogens with zero attached hydrogens (tertiary/aromatic N) is 1. The highest BCUT2D eigenvalue weighted by molar-refractivity contribution is 9.10. The van der Waals surface area contributed by atoms with Crippen LogP contribution >= 0.6 is 15.9 Å². The van der Waals surface area contributed by atoms with Gasteiger partial charge in [-0.2, -0.15) is 0 Å². The summed E-state index contributed by atoms with van der Waals surface area (Å²) < 4.78 is 27.4. The molecule has 0 fully saturated rings. The Morgan fingerprint density at radius 1 is 1.26 bits per heavy atom. The van der Waals surface area contributed by atoms with Gasteiger partial charge in [0.15, 0.2) is 0 Å². The summed E-state index contributed by atoms with van der Waals surface area (Å²) in [6, 6.07) is 6.09. The Hall–Kier alpha value is -1.33. The van der Waals surface area contributed by atoms with Gasteiger partial charge in [-0.05, 0) is 36.8 Å². The number of benzene rings is 1. The number of aromatic nitrogens is 1. The number of rotatable bonds is 4. The fourth-order valence-electron chi connectivity index (χ4n) is 1.72. The van der Waals surface area contributed by atoms with E-state index in [4.69, 9.17) is 0 Å². The number of hydrogen-bond acceptors (Lipinski definition) is 2. The van der Waals surface area contributed by atoms with Crippen molar-refractivity contribution in [1.82, 2.24) is 10.3 Å². The van der Waals surface area contributed by atoms with Gasteiger partial charge in [-0.3, -0.25) is 4.98 Å². The van der Waals surface area contributed by atoms with E-state index in [9.17, 15) is 8.78 Å². The average Bonchev–Trinajstić information content (AvgIpc) is 2.39. The van der Waals surface area contributed by atoms with Crippen LogP contribution in [0.2, 0.25) is 0 Å². The van der Waals surface area contributed by atoms with Crippen molar-refractivity contribution in [2.45, 2.75) is 19.5 Å². The zero-order chi connectivity index (χ0) is 13.8. The average molecular weight is 327 g/mol. The van der Waals surface area contributed by atoms with E-state index in [1.54, 1.807) is 18.3 Å². The Balaban J connectivity index is 2.04. The van der Waals surface area contributed by atoms with Gasteiger partial charge in [-0.1, -0.05) is 15.9 Å². The van der Waals surface area contributed by atoms with Gasteiger partial charge in [0.2, 0.25) is 0 Å². The molecule has 0 saturated heterocycles. The molecule has 2 nitrogen and oxygen atoms in total. The third-order valence-corrected chi connectivity index (χ3v) is 3.33. The molecule has 19 heavy (non-hydrogen) atoms. The first-order valence-corrected chi connectivity index (χ1v) is 6.63. The van der Waals surface area contributed by atoms with Crippen molar-refractivity contribution in [3.8, 4) is 0 Å². The van der Waals surface area contributed by atoms with Gasteiger partial charge >= 0.3 is 0 Å². The molecule has 0 aliphatic heterocycles. The van der Waals surface area contributed by atoms with Crippen molar-refractivity contribution in [3.63, 3.8) is 0 Å². The highest BCUT2D eigenvalue weighted by atomic mass is 79.9. The molecule has 0 bridgehead atoms. The molecule has 1 heterocycles. The molecule has 100 valence electrons. The summed E-state index contributed by atoms with van der Waals surface area (Å²) in [7, 11) is 0. The van der Waals surface area contributed by atoms with Crippen molar-refractivity contribution in [2.75, 3.05) is 0 Å². The lowest BCUT2D eigenvalue weighted by atomic mass is 10.1. The minimum Gasteiger partial charge on any atom is -0.306 e. The van der Waals surface area contributed by atoms with Crippen LogP contribution in [0.15, 0.2) is 41.1 Å². The van der Waals surface area contributed by atoms with Crippen LogP contribution in [-0.2, 0) is 6.54 Å². The lowest BCUT2D eigenvalue weighted by molar-refractivity contribution is 0.537. The summed E-state index contributed by atoms with van der Waals surface area (Å²) in [6.45, 7) is 2.25. The Labute approximate surface area is 119 Å². The van der Waals surface area contributed by atoms with Crippen LogP contribution in [0.1, 0.15) is 24.1 Å². The highest BCUT2D eigenvalue weighted by Crippen LogP contribution is 2.17. The second-order valence-electron chi connectivity index (χ2n) is 4.27. The molecule has 0 saturated carbocycles. The number of nitrogens with one attached hydrogen (secondary N) is 1. The molecule has 5 heteroatoms. The molecule has 1 unspecified atom stereocenters. The van der Waals surface area contributed by atoms with E-state index in [1.807, 2.05) is 6.92 Å². The van der Waals surface area contributed by atoms with Crippen LogP contribution in [0.25, 0.3) is 0 Å². The third-order valence-electron chi connectivity index (χ3n) is 2.83. The van der Waals surface area contributed by atoms with Gasteiger partial charge in [0.1, 0.15) is 11.6 Å². The van der Waals surface area contributed by atoms with E-state index < -0.39 is 0 Å². The standard InChI is InChI=1S/C14H13BrF2N2/c1-9(10-5-13(16)8-18-6-10)19-7-11-4-12(15)2-3-14(11)17/h2-6,8-9,19H,7H2,1H3. The maximum Gasteiger partial charge on any atom is 0.141 e. The fraction of sp³-hybridized carbons (Fsp3) is 0.214. The monoisotopic (exact) mass is 326 g/mol. The summed E-state index contributed by atoms with van der Waals surface area (Å²) in [5.41, 5.74) is 1.29. The summed E-state index contributed by atoms with van der Waals surface area (Å²) >= 11 is 3.30. The van der Waals surface area contributed by atoms with Crippen LogP contribution in [-0.4, -0.2) is 4.98 Å². The first-order chi connectivity index (χ1) is 9.06. The van der Waals surface area contributed by atoms with Crippen LogP contribution in [0.3, 0.4) is 0 Å². The first kappa shape index (κ1) is 14.1. The quantitative estimate of drug-likeness (QED) is 0.919. The van der Waals surface area contributed by atoms with E-state index in [-0.39, 0.29) is 17.7 Å². The summed E-state index contributed by atoms with van der Waals surface area (Å²) in [5.74, 6) is -0.639. The molecular formula is C14H13BrF2N2. The number of pyridine rings is 1. The van der Waals surface area contributed by atoms with Gasteiger partial charge in [0.05, 0.1) is 6.20 Å². The van der Waals surface area contributed by atoms with E-state index in [0.29, 0.717) is 12.1 Å². The lowest BCUT2D eigenvalue weighted by Crippen LogP contribution is -2.19. The number of hydrogen-bond donors (Lipinski definition) is 1. The van der Waals surface area contributed by atoms with Crippen molar-refractivity contribution in [1.29, 1.82) is 0 Å². The Morgan fingerprint density at radius 2 is 2.05 bits per heavy atom. The molecule has 2 aromatic rings. The fourth-order valence-corrected chi connectivity index (χ4v) is 2.13. The van der Waals surface area contributed by atoms with Crippen LogP contribution < -0.4 is 5.32 Å². The Kier molecular flexibility index (Phi) is 4.61. The van der Waals surface area contributed by atoms with Crippen LogP contribution in [0.5, 0.6) is 0 Å². The molecule has 0 amide bonds. The summed E-state index contributed by atoms with van der Waals surface area (Å²) in [4.78, 5) is 3.80. The van der Waals surface area contributed by atoms with Gasteiger partial charge in [-0.15, -0.1) is 0 Å². The van der Waals surface area contributed by atoms with Gasteiger partial charge in [-0.25, -0.2) is 8.78 Å². The molecule has 0 aliphatic carbocycles. The van der Waals surface area contributed by atoms with E-state index in [1.165, 1.54) is 12.1 Å². The first-order valence-electron chi connectivity index (χ1n) is 5.84. The Bertz CT molecular complexity index is 575. The summed E-state index contributed by atoms with van der Waals surface area (Å²) in [6.07, 6.45) is 2.75. The zero-order valence-corrected chi connectivity index (χ0v) is 11.9. The minimum absolute atomic E-state index is 0.110. The van der Waals surface area contributed by atoms with E-state index in [2.05, 4.69) is 26.2 Å². The van der Waals surface area contributed by atoms with Gasteiger partial charge < -0.3 is 5.32 Å². The second kappa shape index (κ2) is 6.21. The Morgan fingerprint density at radius 3 is 2.79 bits per heavy atom. The molecule has 1 aromatic heterocycles. The maximum absolute atomic E-state index is 13.6. The van der Waals surface area contributed by atoms with Crippen molar-refractivity contribution in [2.24, 2.45) is 0 Å². The second-order valence-corrected chi connectivity index (χ2v) is 5.19. The minimum atomic E-state index is -0.375. The van der Waals surface area contributed by atoms with Crippen LogP contribution in [0, 0.1) is 11.6 Å². The summed E-state index contributed by atoms with van der Waals surface area (Å²) in [5, 5.41) is 3.14. The van der Waals surface area contributed by atoms with Crippen molar-refractivity contribution in [3.05, 3.63) is 63.9 Å². The third kappa shape index (κ3) is 3.81. The molecule has 1 N–H and O–H groups in total. The van der Waals surface area contributed by atoms with Gasteiger partial charge in [0.25, 0.3) is 0 Å². The molecule has 1 atom stereocenters. The van der Waals surface area contributed by atoms with Crippen molar-refractivity contribution >= 4 is 15.9 Å². The van der Waals surface area contributed by atoms with E-state index >= 15 is 0 Å². The molecule has 0 radical (unpaired) electrons. The normalized spacial score (nSPS) is 12.4. The number of halogens is 3. The van der Waals surface area contributed by atoms with E-state index in [0.717, 1.165) is 16.2 Å². The predicted octanol–water partition coefficient (Wildman–Crippen LogP) is 3.97. The molecule has 1 aromatic carbocycles. The van der Waals surface area contributed by atoms with Crippen LogP contribution in [0.4, 0.5) is 8.78 Å². The highest BCUT2D eigenvalue weighted by Gasteiger charge is 2.08. The smallest absolute Gasteiger partial charge is 0.141 e. The topological polar surface area (TPSA) is 24.9 Å². The maximum atomic E-state index is 13.6. The molecule has 2 rings (SSSR count). The van der Waals surface area contributed by atoms with Gasteiger partial charge in [0, 0.05) is 28.8 Å². The molecule has 0 spiro atoms. The SMILES string of the molecule is CC(NCc1cc(Br)ccc1F)c1cncc(F)c1. The van der Waals surface area contributed by atoms with Crippen molar-refractivity contribution < 1.29 is 8.78 Å². The zero-order valence-electron chi connectivity index (χ0n) is 10.3. The molecular weight excluding hydrogens is 314 g/mol. The largest absolute Gasteiger partial charge is 0.306 e.